The van der Waals surface area contributed by atoms with Gasteiger partial charge in [0.1, 0.15) is 5.75 Å². The van der Waals surface area contributed by atoms with Crippen LogP contribution in [-0.4, -0.2) is 23.0 Å². The van der Waals surface area contributed by atoms with Crippen molar-refractivity contribution in [2.75, 3.05) is 12.4 Å². The Morgan fingerprint density at radius 2 is 1.73 bits per heavy atom. The van der Waals surface area contributed by atoms with Crippen molar-refractivity contribution in [2.45, 2.75) is 38.0 Å². The predicted molar refractivity (Wildman–Crippen MR) is 119 cm³/mol. The number of nitrogens with zero attached hydrogens (tertiary/aromatic N) is 2. The molecule has 2 aliphatic rings. The van der Waals surface area contributed by atoms with Gasteiger partial charge in [-0.1, -0.05) is 37.0 Å². The summed E-state index contributed by atoms with van der Waals surface area (Å²) >= 11 is 12.4. The molecule has 5 rings (SSSR count). The summed E-state index contributed by atoms with van der Waals surface area (Å²) in [5, 5.41) is 3.99. The second-order valence-corrected chi connectivity index (χ2v) is 9.43. The van der Waals surface area contributed by atoms with Gasteiger partial charge in [-0.05, 0) is 54.7 Å². The number of hydrogen-bond acceptors (Lipinski definition) is 4. The van der Waals surface area contributed by atoms with Crippen molar-refractivity contribution in [2.24, 2.45) is 5.41 Å². The lowest BCUT2D eigenvalue weighted by molar-refractivity contribution is -0.124. The summed E-state index contributed by atoms with van der Waals surface area (Å²) in [5.74, 6) is 0.861. The molecule has 2 unspecified atom stereocenters. The molecule has 1 aromatic heterocycles. The smallest absolute Gasteiger partial charge is 0.237 e. The summed E-state index contributed by atoms with van der Waals surface area (Å²) in [5.41, 5.74) is 2.70. The third kappa shape index (κ3) is 2.51. The van der Waals surface area contributed by atoms with Gasteiger partial charge in [0.25, 0.3) is 0 Å². The van der Waals surface area contributed by atoms with Gasteiger partial charge in [-0.25, -0.2) is 9.97 Å². The second-order valence-electron chi connectivity index (χ2n) is 8.61. The van der Waals surface area contributed by atoms with Crippen molar-refractivity contribution in [3.8, 4) is 5.75 Å². The number of rotatable bonds is 3. The van der Waals surface area contributed by atoms with E-state index >= 15 is 0 Å². The topological polar surface area (TPSA) is 64.1 Å². The Hall–Kier alpha value is -2.37. The molecule has 2 aliphatic carbocycles. The van der Waals surface area contributed by atoms with E-state index in [1.54, 1.807) is 19.2 Å². The molecule has 2 bridgehead atoms. The van der Waals surface area contributed by atoms with Crippen LogP contribution >= 0.6 is 23.2 Å². The third-order valence-corrected chi connectivity index (χ3v) is 7.70. The molecule has 1 N–H and O–H groups in total. The minimum atomic E-state index is -0.750. The van der Waals surface area contributed by atoms with Gasteiger partial charge >= 0.3 is 0 Å². The number of carbonyl (C=O) groups is 1. The minimum absolute atomic E-state index is 0.0485. The van der Waals surface area contributed by atoms with Gasteiger partial charge in [0, 0.05) is 11.6 Å². The van der Waals surface area contributed by atoms with E-state index in [4.69, 9.17) is 37.9 Å². The Morgan fingerprint density at radius 1 is 1.10 bits per heavy atom. The zero-order chi connectivity index (χ0) is 21.3. The van der Waals surface area contributed by atoms with E-state index in [0.717, 1.165) is 35.7 Å². The van der Waals surface area contributed by atoms with Crippen LogP contribution in [0.3, 0.4) is 0 Å². The third-order valence-electron chi connectivity index (χ3n) is 6.98. The van der Waals surface area contributed by atoms with Crippen molar-refractivity contribution in [1.29, 1.82) is 0 Å². The van der Waals surface area contributed by atoms with Gasteiger partial charge in [0.2, 0.25) is 5.91 Å². The Bertz CT molecular complexity index is 1190. The number of benzene rings is 2. The Labute approximate surface area is 184 Å². The van der Waals surface area contributed by atoms with Crippen molar-refractivity contribution < 1.29 is 9.53 Å². The molecule has 30 heavy (non-hydrogen) atoms. The van der Waals surface area contributed by atoms with Gasteiger partial charge < -0.3 is 10.1 Å². The zero-order valence-electron chi connectivity index (χ0n) is 16.9. The van der Waals surface area contributed by atoms with Crippen LogP contribution in [0.5, 0.6) is 5.75 Å². The number of nitrogens with one attached hydrogen (secondary N) is 1. The van der Waals surface area contributed by atoms with Gasteiger partial charge in [-0.3, -0.25) is 4.79 Å². The van der Waals surface area contributed by atoms with Crippen LogP contribution in [0.25, 0.3) is 11.0 Å². The maximum atomic E-state index is 13.7. The largest absolute Gasteiger partial charge is 0.497 e. The molecule has 154 valence electrons. The molecule has 0 aliphatic heterocycles. The summed E-state index contributed by atoms with van der Waals surface area (Å²) in [4.78, 5) is 23.5. The molecule has 0 saturated heterocycles. The number of amides is 1. The maximum Gasteiger partial charge on any atom is 0.237 e. The number of halogens is 2. The van der Waals surface area contributed by atoms with Crippen LogP contribution in [-0.2, 0) is 10.2 Å². The standard InChI is InChI=1S/C23H21Cl2N3O2/c1-22(2)14-8-9-23(22,21(29)26-12-4-6-13(30-3)7-5-12)20-19(14)27-17-10-15(24)16(25)11-18(17)28-20/h4-7,10-11,14H,8-9H2,1-3H3,(H,26,29). The molecule has 1 fully saturated rings. The van der Waals surface area contributed by atoms with Crippen LogP contribution < -0.4 is 10.1 Å². The van der Waals surface area contributed by atoms with Crippen LogP contribution in [0, 0.1) is 5.41 Å². The van der Waals surface area contributed by atoms with E-state index in [0.29, 0.717) is 21.1 Å². The summed E-state index contributed by atoms with van der Waals surface area (Å²) in [6, 6.07) is 10.8. The lowest BCUT2D eigenvalue weighted by Crippen LogP contribution is -2.46. The zero-order valence-corrected chi connectivity index (χ0v) is 18.4. The molecule has 0 spiro atoms. The maximum absolute atomic E-state index is 13.7. The van der Waals surface area contributed by atoms with Gasteiger partial charge in [-0.15, -0.1) is 0 Å². The fraction of sp³-hybridized carbons (Fsp3) is 0.348. The van der Waals surface area contributed by atoms with E-state index < -0.39 is 5.41 Å². The van der Waals surface area contributed by atoms with E-state index in [-0.39, 0.29) is 17.2 Å². The van der Waals surface area contributed by atoms with Gasteiger partial charge in [-0.2, -0.15) is 0 Å². The van der Waals surface area contributed by atoms with E-state index in [1.807, 2.05) is 24.3 Å². The highest BCUT2D eigenvalue weighted by Gasteiger charge is 2.67. The number of fused-ring (bicyclic) bond motifs is 6. The number of aromatic nitrogens is 2. The van der Waals surface area contributed by atoms with E-state index in [9.17, 15) is 4.79 Å². The van der Waals surface area contributed by atoms with Crippen molar-refractivity contribution >= 4 is 45.8 Å². The summed E-state index contributed by atoms with van der Waals surface area (Å²) in [6.45, 7) is 4.29. The summed E-state index contributed by atoms with van der Waals surface area (Å²) < 4.78 is 5.21. The first-order valence-electron chi connectivity index (χ1n) is 9.90. The average Bonchev–Trinajstić information content (AvgIpc) is 3.09. The molecule has 0 radical (unpaired) electrons. The van der Waals surface area contributed by atoms with Gasteiger partial charge in [0.15, 0.2) is 0 Å². The fourth-order valence-electron chi connectivity index (χ4n) is 5.29. The number of methoxy groups -OCH3 is 1. The van der Waals surface area contributed by atoms with Crippen LogP contribution in [0.4, 0.5) is 5.69 Å². The number of ether oxygens (including phenoxy) is 1. The average molecular weight is 442 g/mol. The Morgan fingerprint density at radius 3 is 2.37 bits per heavy atom. The monoisotopic (exact) mass is 441 g/mol. The minimum Gasteiger partial charge on any atom is -0.497 e. The normalized spacial score (nSPS) is 23.4. The Balaban J connectivity index is 1.62. The van der Waals surface area contributed by atoms with Crippen molar-refractivity contribution in [3.63, 3.8) is 0 Å². The quantitative estimate of drug-likeness (QED) is 0.562. The first-order valence-corrected chi connectivity index (χ1v) is 10.7. The molecular weight excluding hydrogens is 421 g/mol. The molecular formula is C23H21Cl2N3O2. The van der Waals surface area contributed by atoms with Crippen LogP contribution in [0.2, 0.25) is 10.0 Å². The predicted octanol–water partition coefficient (Wildman–Crippen LogP) is 5.74. The number of carbonyl (C=O) groups excluding carboxylic acids is 1. The van der Waals surface area contributed by atoms with Crippen molar-refractivity contribution in [3.05, 3.63) is 57.8 Å². The number of hydrogen-bond donors (Lipinski definition) is 1. The first-order chi connectivity index (χ1) is 14.3. The van der Waals surface area contributed by atoms with E-state index in [2.05, 4.69) is 19.2 Å². The van der Waals surface area contributed by atoms with Gasteiger partial charge in [0.05, 0.1) is 45.0 Å². The van der Waals surface area contributed by atoms with Crippen LogP contribution in [0.1, 0.15) is 44.0 Å². The van der Waals surface area contributed by atoms with E-state index in [1.165, 1.54) is 0 Å². The van der Waals surface area contributed by atoms with Crippen LogP contribution in [0.15, 0.2) is 36.4 Å². The number of anilines is 1. The fourth-order valence-corrected chi connectivity index (χ4v) is 5.61. The van der Waals surface area contributed by atoms with Crippen molar-refractivity contribution in [1.82, 2.24) is 9.97 Å². The molecule has 1 saturated carbocycles. The molecule has 5 nitrogen and oxygen atoms in total. The highest BCUT2D eigenvalue weighted by Crippen LogP contribution is 2.67. The lowest BCUT2D eigenvalue weighted by Gasteiger charge is -2.36. The highest BCUT2D eigenvalue weighted by molar-refractivity contribution is 6.42. The SMILES string of the molecule is COc1ccc(NC(=O)C23CCC(c4nc5cc(Cl)c(Cl)cc5nc42)C3(C)C)cc1. The molecule has 1 amide bonds. The molecule has 1 heterocycles. The summed E-state index contributed by atoms with van der Waals surface area (Å²) in [7, 11) is 1.62. The second kappa shape index (κ2) is 6.56. The molecule has 2 aromatic carbocycles. The summed E-state index contributed by atoms with van der Waals surface area (Å²) in [6.07, 6.45) is 1.64. The lowest BCUT2D eigenvalue weighted by atomic mass is 9.67. The molecule has 3 aromatic rings. The Kier molecular flexibility index (Phi) is 4.28. The molecule has 7 heteroatoms. The molecule has 2 atom stereocenters. The highest BCUT2D eigenvalue weighted by atomic mass is 35.5. The first kappa shape index (κ1) is 19.6.